The van der Waals surface area contributed by atoms with Crippen molar-refractivity contribution in [3.8, 4) is 0 Å². The second kappa shape index (κ2) is 6.70. The van der Waals surface area contributed by atoms with Crippen molar-refractivity contribution >= 4 is 17.6 Å². The first kappa shape index (κ1) is 14.9. The summed E-state index contributed by atoms with van der Waals surface area (Å²) in [6.07, 6.45) is -2.04. The van der Waals surface area contributed by atoms with E-state index >= 15 is 0 Å². The van der Waals surface area contributed by atoms with Gasteiger partial charge in [-0.3, -0.25) is 4.79 Å². The van der Waals surface area contributed by atoms with Gasteiger partial charge >= 0.3 is 5.97 Å². The molecule has 0 aromatic heterocycles. The van der Waals surface area contributed by atoms with E-state index in [1.807, 2.05) is 0 Å². The highest BCUT2D eigenvalue weighted by Crippen LogP contribution is 2.24. The van der Waals surface area contributed by atoms with E-state index in [1.54, 1.807) is 6.07 Å². The lowest BCUT2D eigenvalue weighted by Gasteiger charge is -2.18. The molecule has 1 rings (SSSR count). The summed E-state index contributed by atoms with van der Waals surface area (Å²) in [5, 5.41) is 28.6. The molecule has 1 aromatic rings. The van der Waals surface area contributed by atoms with Gasteiger partial charge < -0.3 is 21.1 Å². The van der Waals surface area contributed by atoms with E-state index in [9.17, 15) is 15.0 Å². The van der Waals surface area contributed by atoms with Crippen LogP contribution in [0.3, 0.4) is 0 Å². The second-order valence-corrected chi connectivity index (χ2v) is 4.42. The Labute approximate surface area is 110 Å². The van der Waals surface area contributed by atoms with Crippen LogP contribution in [0.1, 0.15) is 23.7 Å². The number of carboxylic acid groups (broad SMARTS) is 1. The van der Waals surface area contributed by atoms with E-state index in [0.717, 1.165) is 0 Å². The van der Waals surface area contributed by atoms with Crippen molar-refractivity contribution in [3.05, 3.63) is 34.3 Å². The predicted octanol–water partition coefficient (Wildman–Crippen LogP) is 0.710. The normalized spacial score (nSPS) is 14.2. The van der Waals surface area contributed by atoms with Gasteiger partial charge in [-0.1, -0.05) is 23.7 Å². The van der Waals surface area contributed by atoms with Gasteiger partial charge in [0.05, 0.1) is 12.5 Å². The third-order valence-electron chi connectivity index (χ3n) is 2.58. The molecule has 0 amide bonds. The number of nitrogens with two attached hydrogens (primary N) is 1. The fourth-order valence-electron chi connectivity index (χ4n) is 1.63. The lowest BCUT2D eigenvalue weighted by Crippen LogP contribution is -2.22. The Kier molecular flexibility index (Phi) is 5.55. The largest absolute Gasteiger partial charge is 0.481 e. The van der Waals surface area contributed by atoms with Gasteiger partial charge in [-0.15, -0.1) is 0 Å². The Morgan fingerprint density at radius 1 is 1.39 bits per heavy atom. The monoisotopic (exact) mass is 273 g/mol. The minimum atomic E-state index is -1.10. The third-order valence-corrected chi connectivity index (χ3v) is 2.95. The molecule has 1 aromatic carbocycles. The van der Waals surface area contributed by atoms with Crippen molar-refractivity contribution in [2.24, 2.45) is 5.73 Å². The molecule has 5 nitrogen and oxygen atoms in total. The summed E-state index contributed by atoms with van der Waals surface area (Å²) in [6, 6.07) is 4.55. The summed E-state index contributed by atoms with van der Waals surface area (Å²) >= 11 is 5.86. The van der Waals surface area contributed by atoms with Crippen LogP contribution in [0.25, 0.3) is 0 Å². The maximum Gasteiger partial charge on any atom is 0.307 e. The molecule has 0 aliphatic rings. The Morgan fingerprint density at radius 3 is 2.61 bits per heavy atom. The van der Waals surface area contributed by atoms with Crippen LogP contribution in [0.4, 0.5) is 0 Å². The van der Waals surface area contributed by atoms with Gasteiger partial charge in [0.25, 0.3) is 0 Å². The maximum atomic E-state index is 10.7. The molecule has 100 valence electrons. The standard InChI is InChI=1S/C12H16ClNO4/c13-9-2-1-7(5-8(9)6-11(16)17)12(18)10(15)3-4-14/h1-2,5,10,12,15,18H,3-4,6,14H2,(H,16,17). The molecule has 18 heavy (non-hydrogen) atoms. The molecule has 2 atom stereocenters. The molecule has 0 radical (unpaired) electrons. The number of aliphatic hydroxyl groups excluding tert-OH is 2. The molecule has 0 aliphatic heterocycles. The van der Waals surface area contributed by atoms with Crippen LogP contribution < -0.4 is 5.73 Å². The number of hydrogen-bond acceptors (Lipinski definition) is 4. The van der Waals surface area contributed by atoms with Crippen LogP contribution >= 0.6 is 11.6 Å². The van der Waals surface area contributed by atoms with Gasteiger partial charge in [0, 0.05) is 5.02 Å². The van der Waals surface area contributed by atoms with Gasteiger partial charge in [-0.2, -0.15) is 0 Å². The average Bonchev–Trinajstić information content (AvgIpc) is 2.31. The van der Waals surface area contributed by atoms with Crippen LogP contribution in [0, 0.1) is 0 Å². The Balaban J connectivity index is 2.93. The number of benzene rings is 1. The highest BCUT2D eigenvalue weighted by molar-refractivity contribution is 6.31. The number of rotatable bonds is 6. The Bertz CT molecular complexity index is 425. The quantitative estimate of drug-likeness (QED) is 0.611. The molecule has 0 bridgehead atoms. The van der Waals surface area contributed by atoms with Gasteiger partial charge in [-0.25, -0.2) is 0 Å². The van der Waals surface area contributed by atoms with E-state index in [2.05, 4.69) is 0 Å². The molecule has 0 saturated heterocycles. The van der Waals surface area contributed by atoms with Gasteiger partial charge in [0.15, 0.2) is 0 Å². The Hall–Kier alpha value is -1.14. The van der Waals surface area contributed by atoms with Crippen LogP contribution in [0.5, 0.6) is 0 Å². The number of carbonyl (C=O) groups is 1. The van der Waals surface area contributed by atoms with Gasteiger partial charge in [-0.05, 0) is 30.2 Å². The molecular formula is C12H16ClNO4. The number of hydrogen-bond donors (Lipinski definition) is 4. The SMILES string of the molecule is NCCC(O)C(O)c1ccc(Cl)c(CC(=O)O)c1. The molecule has 0 heterocycles. The van der Waals surface area contributed by atoms with Gasteiger partial charge in [0.2, 0.25) is 0 Å². The molecular weight excluding hydrogens is 258 g/mol. The zero-order chi connectivity index (χ0) is 13.7. The van der Waals surface area contributed by atoms with E-state index < -0.39 is 18.2 Å². The van der Waals surface area contributed by atoms with E-state index in [1.165, 1.54) is 12.1 Å². The summed E-state index contributed by atoms with van der Waals surface area (Å²) in [4.78, 5) is 10.7. The number of carboxylic acids is 1. The topological polar surface area (TPSA) is 104 Å². The van der Waals surface area contributed by atoms with Crippen molar-refractivity contribution in [2.45, 2.75) is 25.0 Å². The molecule has 6 heteroatoms. The van der Waals surface area contributed by atoms with E-state index in [4.69, 9.17) is 22.4 Å². The molecule has 0 saturated carbocycles. The summed E-state index contributed by atoms with van der Waals surface area (Å²) < 4.78 is 0. The number of halogens is 1. The molecule has 2 unspecified atom stereocenters. The predicted molar refractivity (Wildman–Crippen MR) is 67.4 cm³/mol. The fourth-order valence-corrected chi connectivity index (χ4v) is 1.81. The minimum Gasteiger partial charge on any atom is -0.481 e. The summed E-state index contributed by atoms with van der Waals surface area (Å²) in [5.41, 5.74) is 6.13. The van der Waals surface area contributed by atoms with Crippen LogP contribution in [-0.4, -0.2) is 33.9 Å². The van der Waals surface area contributed by atoms with Crippen molar-refractivity contribution in [1.82, 2.24) is 0 Å². The van der Waals surface area contributed by atoms with Gasteiger partial charge in [0.1, 0.15) is 6.10 Å². The van der Waals surface area contributed by atoms with Crippen LogP contribution in [0.2, 0.25) is 5.02 Å². The minimum absolute atomic E-state index is 0.230. The molecule has 0 aliphatic carbocycles. The zero-order valence-electron chi connectivity index (χ0n) is 9.71. The zero-order valence-corrected chi connectivity index (χ0v) is 10.5. The lowest BCUT2D eigenvalue weighted by molar-refractivity contribution is -0.136. The smallest absolute Gasteiger partial charge is 0.307 e. The first-order valence-corrected chi connectivity index (χ1v) is 5.89. The summed E-state index contributed by atoms with van der Waals surface area (Å²) in [6.45, 7) is 0.258. The van der Waals surface area contributed by atoms with Crippen molar-refractivity contribution in [2.75, 3.05) is 6.54 Å². The fraction of sp³-hybridized carbons (Fsp3) is 0.417. The second-order valence-electron chi connectivity index (χ2n) is 4.01. The highest BCUT2D eigenvalue weighted by atomic mass is 35.5. The Morgan fingerprint density at radius 2 is 2.06 bits per heavy atom. The van der Waals surface area contributed by atoms with Crippen molar-refractivity contribution in [3.63, 3.8) is 0 Å². The van der Waals surface area contributed by atoms with Crippen molar-refractivity contribution < 1.29 is 20.1 Å². The van der Waals surface area contributed by atoms with Crippen LogP contribution in [0.15, 0.2) is 18.2 Å². The lowest BCUT2D eigenvalue weighted by atomic mass is 9.99. The summed E-state index contributed by atoms with van der Waals surface area (Å²) in [7, 11) is 0. The third kappa shape index (κ3) is 3.96. The first-order valence-electron chi connectivity index (χ1n) is 5.52. The molecule has 0 spiro atoms. The summed E-state index contributed by atoms with van der Waals surface area (Å²) in [5.74, 6) is -1.01. The number of aliphatic carboxylic acids is 1. The van der Waals surface area contributed by atoms with Crippen molar-refractivity contribution in [1.29, 1.82) is 0 Å². The average molecular weight is 274 g/mol. The van der Waals surface area contributed by atoms with E-state index in [0.29, 0.717) is 16.1 Å². The van der Waals surface area contributed by atoms with Crippen LogP contribution in [-0.2, 0) is 11.2 Å². The maximum absolute atomic E-state index is 10.7. The molecule has 5 N–H and O–H groups in total. The number of aliphatic hydroxyl groups is 2. The molecule has 0 fully saturated rings. The highest BCUT2D eigenvalue weighted by Gasteiger charge is 2.19. The first-order chi connectivity index (χ1) is 8.45. The van der Waals surface area contributed by atoms with E-state index in [-0.39, 0.29) is 19.4 Å².